The van der Waals surface area contributed by atoms with Gasteiger partial charge in [0.15, 0.2) is 0 Å². The maximum atomic E-state index is 3.40. The number of anilines is 2. The van der Waals surface area contributed by atoms with Gasteiger partial charge < -0.3 is 10.2 Å². The van der Waals surface area contributed by atoms with Crippen LogP contribution in [-0.4, -0.2) is 37.7 Å². The van der Waals surface area contributed by atoms with E-state index in [1.165, 1.54) is 11.4 Å². The number of hydrogen-bond donors (Lipinski definition) is 1. The minimum Gasteiger partial charge on any atom is -0.383 e. The van der Waals surface area contributed by atoms with E-state index in [0.717, 1.165) is 19.8 Å². The third-order valence-corrected chi connectivity index (χ3v) is 2.85. The smallest absolute Gasteiger partial charge is 0.0705 e. The van der Waals surface area contributed by atoms with Gasteiger partial charge in [0, 0.05) is 30.5 Å². The highest BCUT2D eigenvalue weighted by molar-refractivity contribution is 5.55. The molecule has 88 valence electrons. The fraction of sp³-hybridized carbons (Fsp3) is 0.538. The Labute approximate surface area is 98.0 Å². The predicted molar refractivity (Wildman–Crippen MR) is 70.0 cm³/mol. The number of benzene rings is 1. The average Bonchev–Trinajstić information content (AvgIpc) is 2.65. The van der Waals surface area contributed by atoms with Crippen molar-refractivity contribution in [3.63, 3.8) is 0 Å². The Bertz CT molecular complexity index is 332. The van der Waals surface area contributed by atoms with Crippen molar-refractivity contribution in [3.05, 3.63) is 24.3 Å². The normalized spacial score (nSPS) is 17.1. The van der Waals surface area contributed by atoms with E-state index in [0.29, 0.717) is 6.04 Å². The zero-order valence-corrected chi connectivity index (χ0v) is 10.4. The molecule has 1 fully saturated rings. The molecule has 0 spiro atoms. The quantitative estimate of drug-likeness (QED) is 0.841. The Kier molecular flexibility index (Phi) is 3.34. The summed E-state index contributed by atoms with van der Waals surface area (Å²) in [6, 6.07) is 9.21. The molecule has 1 aliphatic rings. The van der Waals surface area contributed by atoms with Gasteiger partial charge in [0.05, 0.1) is 6.67 Å². The summed E-state index contributed by atoms with van der Waals surface area (Å²) in [5.41, 5.74) is 2.52. The van der Waals surface area contributed by atoms with Crippen LogP contribution < -0.4 is 10.2 Å². The average molecular weight is 219 g/mol. The van der Waals surface area contributed by atoms with Gasteiger partial charge in [-0.05, 0) is 45.2 Å². The molecular weight excluding hydrogens is 198 g/mol. The number of rotatable bonds is 3. The number of nitrogens with one attached hydrogen (secondary N) is 1. The second-order valence-electron chi connectivity index (χ2n) is 4.83. The van der Waals surface area contributed by atoms with E-state index in [4.69, 9.17) is 0 Å². The predicted octanol–water partition coefficient (Wildman–Crippen LogP) is 2.22. The van der Waals surface area contributed by atoms with Gasteiger partial charge in [-0.3, -0.25) is 4.90 Å². The molecule has 0 bridgehead atoms. The SMILES string of the molecule is CC(C)Nc1ccc(N2CCN(C)C2)cc1. The van der Waals surface area contributed by atoms with E-state index in [1.54, 1.807) is 0 Å². The summed E-state index contributed by atoms with van der Waals surface area (Å²) >= 11 is 0. The van der Waals surface area contributed by atoms with Gasteiger partial charge in [-0.2, -0.15) is 0 Å². The molecule has 0 saturated carbocycles. The van der Waals surface area contributed by atoms with E-state index in [1.807, 2.05) is 0 Å². The second kappa shape index (κ2) is 4.74. The van der Waals surface area contributed by atoms with Gasteiger partial charge in [-0.1, -0.05) is 0 Å². The van der Waals surface area contributed by atoms with E-state index < -0.39 is 0 Å². The Morgan fingerprint density at radius 2 is 1.81 bits per heavy atom. The molecule has 0 amide bonds. The van der Waals surface area contributed by atoms with Crippen LogP contribution in [0.25, 0.3) is 0 Å². The van der Waals surface area contributed by atoms with Crippen LogP contribution in [0.3, 0.4) is 0 Å². The maximum Gasteiger partial charge on any atom is 0.0705 e. The Morgan fingerprint density at radius 1 is 1.12 bits per heavy atom. The first-order valence-electron chi connectivity index (χ1n) is 5.95. The van der Waals surface area contributed by atoms with Crippen molar-refractivity contribution in [3.8, 4) is 0 Å². The molecule has 0 aromatic heterocycles. The molecule has 0 radical (unpaired) electrons. The zero-order chi connectivity index (χ0) is 11.5. The first-order chi connectivity index (χ1) is 7.65. The topological polar surface area (TPSA) is 18.5 Å². The van der Waals surface area contributed by atoms with Crippen LogP contribution in [0.4, 0.5) is 11.4 Å². The third kappa shape index (κ3) is 2.67. The molecule has 16 heavy (non-hydrogen) atoms. The van der Waals surface area contributed by atoms with Crippen molar-refractivity contribution in [1.82, 2.24) is 4.90 Å². The monoisotopic (exact) mass is 219 g/mol. The summed E-state index contributed by atoms with van der Waals surface area (Å²) in [5.74, 6) is 0. The van der Waals surface area contributed by atoms with Crippen molar-refractivity contribution >= 4 is 11.4 Å². The molecule has 1 aromatic carbocycles. The lowest BCUT2D eigenvalue weighted by molar-refractivity contribution is 0.421. The highest BCUT2D eigenvalue weighted by atomic mass is 15.4. The number of likely N-dealkylation sites (N-methyl/N-ethyl adjacent to an activating group) is 1. The van der Waals surface area contributed by atoms with Crippen molar-refractivity contribution in [2.45, 2.75) is 19.9 Å². The molecule has 0 aliphatic carbocycles. The molecule has 3 nitrogen and oxygen atoms in total. The van der Waals surface area contributed by atoms with E-state index in [-0.39, 0.29) is 0 Å². The van der Waals surface area contributed by atoms with Gasteiger partial charge in [0.25, 0.3) is 0 Å². The summed E-state index contributed by atoms with van der Waals surface area (Å²) < 4.78 is 0. The molecule has 1 aromatic rings. The van der Waals surface area contributed by atoms with Crippen LogP contribution in [0.5, 0.6) is 0 Å². The van der Waals surface area contributed by atoms with Crippen LogP contribution in [0.1, 0.15) is 13.8 Å². The fourth-order valence-electron chi connectivity index (χ4n) is 2.04. The summed E-state index contributed by atoms with van der Waals surface area (Å²) in [7, 11) is 2.16. The van der Waals surface area contributed by atoms with Crippen LogP contribution in [0.2, 0.25) is 0 Å². The van der Waals surface area contributed by atoms with E-state index in [9.17, 15) is 0 Å². The highest BCUT2D eigenvalue weighted by Gasteiger charge is 2.16. The minimum atomic E-state index is 0.490. The first-order valence-corrected chi connectivity index (χ1v) is 5.95. The summed E-state index contributed by atoms with van der Waals surface area (Å²) in [4.78, 5) is 4.74. The molecule has 1 N–H and O–H groups in total. The summed E-state index contributed by atoms with van der Waals surface area (Å²) in [5, 5.41) is 3.40. The maximum absolute atomic E-state index is 3.40. The van der Waals surface area contributed by atoms with Gasteiger partial charge in [0.1, 0.15) is 0 Å². The van der Waals surface area contributed by atoms with Crippen LogP contribution >= 0.6 is 0 Å². The third-order valence-electron chi connectivity index (χ3n) is 2.85. The molecule has 0 atom stereocenters. The molecular formula is C13H21N3. The molecule has 1 aliphatic heterocycles. The summed E-state index contributed by atoms with van der Waals surface area (Å²) in [6.45, 7) is 7.64. The van der Waals surface area contributed by atoms with Gasteiger partial charge >= 0.3 is 0 Å². The first kappa shape index (κ1) is 11.3. The van der Waals surface area contributed by atoms with Gasteiger partial charge in [-0.25, -0.2) is 0 Å². The van der Waals surface area contributed by atoms with Crippen molar-refractivity contribution in [1.29, 1.82) is 0 Å². The van der Waals surface area contributed by atoms with Crippen LogP contribution in [0.15, 0.2) is 24.3 Å². The lowest BCUT2D eigenvalue weighted by Gasteiger charge is -2.19. The number of hydrogen-bond acceptors (Lipinski definition) is 3. The van der Waals surface area contributed by atoms with Crippen molar-refractivity contribution < 1.29 is 0 Å². The lowest BCUT2D eigenvalue weighted by atomic mass is 10.2. The lowest BCUT2D eigenvalue weighted by Crippen LogP contribution is -2.22. The highest BCUT2D eigenvalue weighted by Crippen LogP contribution is 2.20. The Morgan fingerprint density at radius 3 is 2.31 bits per heavy atom. The minimum absolute atomic E-state index is 0.490. The fourth-order valence-corrected chi connectivity index (χ4v) is 2.04. The van der Waals surface area contributed by atoms with Gasteiger partial charge in [-0.15, -0.1) is 0 Å². The molecule has 1 heterocycles. The number of nitrogens with zero attached hydrogens (tertiary/aromatic N) is 2. The second-order valence-corrected chi connectivity index (χ2v) is 4.83. The van der Waals surface area contributed by atoms with E-state index >= 15 is 0 Å². The van der Waals surface area contributed by atoms with Crippen molar-refractivity contribution in [2.24, 2.45) is 0 Å². The Hall–Kier alpha value is -1.22. The molecule has 1 saturated heterocycles. The largest absolute Gasteiger partial charge is 0.383 e. The summed E-state index contributed by atoms with van der Waals surface area (Å²) in [6.07, 6.45) is 0. The standard InChI is InChI=1S/C13H21N3/c1-11(2)14-12-4-6-13(7-5-12)16-9-8-15(3)10-16/h4-7,11,14H,8-10H2,1-3H3. The zero-order valence-electron chi connectivity index (χ0n) is 10.4. The van der Waals surface area contributed by atoms with E-state index in [2.05, 4.69) is 60.3 Å². The van der Waals surface area contributed by atoms with Crippen LogP contribution in [-0.2, 0) is 0 Å². The van der Waals surface area contributed by atoms with Gasteiger partial charge in [0.2, 0.25) is 0 Å². The Balaban J connectivity index is 2.02. The van der Waals surface area contributed by atoms with Crippen molar-refractivity contribution in [2.75, 3.05) is 37.0 Å². The molecule has 0 unspecified atom stereocenters. The molecule has 3 heteroatoms. The molecule has 2 rings (SSSR count). The van der Waals surface area contributed by atoms with Crippen LogP contribution in [0, 0.1) is 0 Å².